The van der Waals surface area contributed by atoms with E-state index < -0.39 is 7.25 Å². The minimum absolute atomic E-state index is 0.106. The van der Waals surface area contributed by atoms with E-state index in [-0.39, 0.29) is 27.0 Å². The summed E-state index contributed by atoms with van der Waals surface area (Å²) in [5, 5.41) is 0. The van der Waals surface area contributed by atoms with Gasteiger partial charge in [-0.2, -0.15) is 0 Å². The van der Waals surface area contributed by atoms with Crippen LogP contribution in [-0.2, 0) is 0 Å². The zero-order valence-electron chi connectivity index (χ0n) is 15.6. The standard InChI is InChI=1S/C19H29FI.BF4/c1-3-4-5-6-7-8-9-10-11-18(20)16-21-19-14-12-17(2)13-15-19;2-1(3,4)5/h12-16H,3-11H2,1-2H3;/q+1;-1/b18-16+;. The lowest BCUT2D eigenvalue weighted by Gasteiger charge is -2.00. The van der Waals surface area contributed by atoms with Crippen molar-refractivity contribution in [2.45, 2.75) is 71.6 Å². The van der Waals surface area contributed by atoms with E-state index in [1.54, 1.807) is 0 Å². The van der Waals surface area contributed by atoms with Crippen molar-refractivity contribution < 1.29 is 42.9 Å². The molecule has 0 aliphatic heterocycles. The van der Waals surface area contributed by atoms with Crippen molar-refractivity contribution in [3.63, 3.8) is 0 Å². The monoisotopic (exact) mass is 490 g/mol. The number of allylic oxidation sites excluding steroid dienone is 1. The first-order valence-corrected chi connectivity index (χ1v) is 11.5. The molecule has 1 rings (SSSR count). The molecule has 0 fully saturated rings. The van der Waals surface area contributed by atoms with Crippen LogP contribution in [-0.4, -0.2) is 7.25 Å². The third-order valence-corrected chi connectivity index (χ3v) is 6.00. The van der Waals surface area contributed by atoms with Gasteiger partial charge in [0.15, 0.2) is 7.65 Å². The number of rotatable bonds is 11. The van der Waals surface area contributed by atoms with Crippen LogP contribution in [0, 0.1) is 10.5 Å². The third-order valence-electron chi connectivity index (χ3n) is 3.58. The van der Waals surface area contributed by atoms with E-state index in [1.807, 2.05) is 4.08 Å². The first-order chi connectivity index (χ1) is 12.2. The highest BCUT2D eigenvalue weighted by Crippen LogP contribution is 2.12. The molecule has 0 heterocycles. The van der Waals surface area contributed by atoms with E-state index in [4.69, 9.17) is 0 Å². The van der Waals surface area contributed by atoms with Gasteiger partial charge in [-0.15, -0.1) is 0 Å². The van der Waals surface area contributed by atoms with Crippen LogP contribution in [0.25, 0.3) is 0 Å². The van der Waals surface area contributed by atoms with E-state index in [9.17, 15) is 21.7 Å². The molecule has 0 atom stereocenters. The minimum Gasteiger partial charge on any atom is -0.418 e. The molecular formula is C19H29BF5I. The van der Waals surface area contributed by atoms with E-state index in [0.29, 0.717) is 6.42 Å². The second kappa shape index (κ2) is 15.5. The van der Waals surface area contributed by atoms with Gasteiger partial charge in [0.1, 0.15) is 5.83 Å². The predicted molar refractivity (Wildman–Crippen MR) is 96.5 cm³/mol. The van der Waals surface area contributed by atoms with Gasteiger partial charge in [0.2, 0.25) is 0 Å². The molecule has 7 heteroatoms. The van der Waals surface area contributed by atoms with Crippen LogP contribution in [0.5, 0.6) is 0 Å². The maximum absolute atomic E-state index is 13.7. The van der Waals surface area contributed by atoms with Gasteiger partial charge in [-0.05, 0) is 25.5 Å². The van der Waals surface area contributed by atoms with Crippen molar-refractivity contribution in [1.29, 1.82) is 0 Å². The first kappa shape index (κ1) is 25.4. The molecule has 0 saturated carbocycles. The molecule has 0 amide bonds. The molecule has 0 saturated heterocycles. The van der Waals surface area contributed by atoms with Crippen LogP contribution in [0.1, 0.15) is 70.3 Å². The minimum atomic E-state index is -6.00. The quantitative estimate of drug-likeness (QED) is 0.179. The van der Waals surface area contributed by atoms with Crippen molar-refractivity contribution in [2.24, 2.45) is 0 Å². The Kier molecular flexibility index (Phi) is 15.1. The fourth-order valence-electron chi connectivity index (χ4n) is 2.21. The molecule has 1 aromatic carbocycles. The molecule has 0 aliphatic rings. The van der Waals surface area contributed by atoms with Gasteiger partial charge in [-0.25, -0.2) is 4.39 Å². The van der Waals surface area contributed by atoms with Crippen LogP contribution in [0.15, 0.2) is 34.2 Å². The lowest BCUT2D eigenvalue weighted by Crippen LogP contribution is -3.59. The highest BCUT2D eigenvalue weighted by atomic mass is 127. The fourth-order valence-corrected chi connectivity index (χ4v) is 3.99. The van der Waals surface area contributed by atoms with Gasteiger partial charge in [0.25, 0.3) is 0 Å². The molecule has 0 nitrogen and oxygen atoms in total. The van der Waals surface area contributed by atoms with E-state index >= 15 is 0 Å². The molecule has 26 heavy (non-hydrogen) atoms. The Balaban J connectivity index is 0.00000110. The molecule has 0 N–H and O–H groups in total. The van der Waals surface area contributed by atoms with E-state index in [0.717, 1.165) is 6.42 Å². The number of halogens is 6. The zero-order valence-corrected chi connectivity index (χ0v) is 17.8. The Bertz CT molecular complexity index is 480. The summed E-state index contributed by atoms with van der Waals surface area (Å²) in [6, 6.07) is 8.48. The second-order valence-electron chi connectivity index (χ2n) is 6.18. The highest BCUT2D eigenvalue weighted by Gasteiger charge is 2.20. The highest BCUT2D eigenvalue weighted by molar-refractivity contribution is 6.50. The SMILES string of the molecule is CCCCCCCCCC/C(F)=C\[I+]c1ccc(C)cc1.F[B-](F)(F)F. The first-order valence-electron chi connectivity index (χ1n) is 9.14. The van der Waals surface area contributed by atoms with Crippen LogP contribution in [0.2, 0.25) is 0 Å². The van der Waals surface area contributed by atoms with Crippen molar-refractivity contribution in [2.75, 3.05) is 0 Å². The largest absolute Gasteiger partial charge is 0.673 e. The van der Waals surface area contributed by atoms with Gasteiger partial charge in [0, 0.05) is 6.42 Å². The lowest BCUT2D eigenvalue weighted by molar-refractivity contribution is -0.558. The lowest BCUT2D eigenvalue weighted by atomic mass is 10.1. The molecule has 0 spiro atoms. The number of unbranched alkanes of at least 4 members (excludes halogenated alkanes) is 7. The van der Waals surface area contributed by atoms with Gasteiger partial charge in [-0.1, -0.05) is 69.6 Å². The molecule has 0 radical (unpaired) electrons. The Hall–Kier alpha value is -0.595. The summed E-state index contributed by atoms with van der Waals surface area (Å²) < 4.78 is 55.9. The summed E-state index contributed by atoms with van der Waals surface area (Å²) in [5.41, 5.74) is 1.27. The second-order valence-corrected chi connectivity index (χ2v) is 8.67. The van der Waals surface area contributed by atoms with Crippen molar-refractivity contribution in [3.05, 3.63) is 43.3 Å². The van der Waals surface area contributed by atoms with Gasteiger partial charge in [-0.3, -0.25) is 0 Å². The molecule has 150 valence electrons. The van der Waals surface area contributed by atoms with Crippen molar-refractivity contribution in [1.82, 2.24) is 0 Å². The summed E-state index contributed by atoms with van der Waals surface area (Å²) in [6.07, 6.45) is 10.8. The molecule has 1 aromatic rings. The van der Waals surface area contributed by atoms with Gasteiger partial charge >= 0.3 is 28.5 Å². The van der Waals surface area contributed by atoms with Gasteiger partial charge in [0.05, 0.1) is 0 Å². The summed E-state index contributed by atoms with van der Waals surface area (Å²) in [5.74, 6) is 0.106. The number of benzene rings is 1. The van der Waals surface area contributed by atoms with Crippen LogP contribution in [0.4, 0.5) is 21.7 Å². The summed E-state index contributed by atoms with van der Waals surface area (Å²) in [4.78, 5) is 0. The fraction of sp³-hybridized carbons (Fsp3) is 0.579. The summed E-state index contributed by atoms with van der Waals surface area (Å²) in [7, 11) is -6.00. The van der Waals surface area contributed by atoms with Crippen LogP contribution >= 0.6 is 0 Å². The normalized spacial score (nSPS) is 11.9. The maximum Gasteiger partial charge on any atom is 0.673 e. The summed E-state index contributed by atoms with van der Waals surface area (Å²) >= 11 is -0.300. The smallest absolute Gasteiger partial charge is 0.418 e. The Morgan fingerprint density at radius 3 is 1.85 bits per heavy atom. The molecule has 0 unspecified atom stereocenters. The van der Waals surface area contributed by atoms with Crippen LogP contribution < -0.4 is 21.2 Å². The Morgan fingerprint density at radius 1 is 0.885 bits per heavy atom. The summed E-state index contributed by atoms with van der Waals surface area (Å²) in [6.45, 7) is 4.33. The number of hydrogen-bond donors (Lipinski definition) is 0. The predicted octanol–water partition coefficient (Wildman–Crippen LogP) is 4.90. The van der Waals surface area contributed by atoms with Crippen molar-refractivity contribution in [3.8, 4) is 0 Å². The Morgan fingerprint density at radius 2 is 1.35 bits per heavy atom. The van der Waals surface area contributed by atoms with Gasteiger partial charge < -0.3 is 17.3 Å². The van der Waals surface area contributed by atoms with Crippen molar-refractivity contribution >= 4 is 7.25 Å². The topological polar surface area (TPSA) is 0 Å². The van der Waals surface area contributed by atoms with E-state index in [2.05, 4.69) is 38.1 Å². The van der Waals surface area contributed by atoms with Crippen LogP contribution in [0.3, 0.4) is 0 Å². The average Bonchev–Trinajstić information content (AvgIpc) is 2.55. The number of hydrogen-bond acceptors (Lipinski definition) is 0. The Labute approximate surface area is 165 Å². The molecule has 0 aromatic heterocycles. The third kappa shape index (κ3) is 19.7. The average molecular weight is 490 g/mol. The maximum atomic E-state index is 13.7. The molecule has 0 bridgehead atoms. The molecule has 0 aliphatic carbocycles. The molecular weight excluding hydrogens is 461 g/mol. The number of aryl methyl sites for hydroxylation is 1. The zero-order chi connectivity index (χ0) is 19.8. The van der Waals surface area contributed by atoms with E-state index in [1.165, 1.54) is 54.1 Å².